The molecule has 1 aromatic carbocycles. The van der Waals surface area contributed by atoms with Crippen LogP contribution in [0, 0.1) is 5.92 Å². The Balaban J connectivity index is 1.82. The monoisotopic (exact) mass is 304 g/mol. The van der Waals surface area contributed by atoms with Gasteiger partial charge in [0.25, 0.3) is 0 Å². The molecule has 4 N–H and O–H groups in total. The fourth-order valence-electron chi connectivity index (χ4n) is 4.12. The number of benzene rings is 1. The van der Waals surface area contributed by atoms with Gasteiger partial charge in [-0.05, 0) is 24.8 Å². The summed E-state index contributed by atoms with van der Waals surface area (Å²) in [6.07, 6.45) is 3.53. The Hall–Kier alpha value is -1.59. The van der Waals surface area contributed by atoms with Crippen LogP contribution in [0.4, 0.5) is 4.79 Å². The minimum Gasteiger partial charge on any atom is -0.465 e. The topological polar surface area (TPSA) is 86.8 Å². The van der Waals surface area contributed by atoms with Crippen LogP contribution in [-0.4, -0.2) is 45.4 Å². The molecule has 120 valence electrons. The summed E-state index contributed by atoms with van der Waals surface area (Å²) in [4.78, 5) is 12.8. The molecular weight excluding hydrogens is 280 g/mol. The van der Waals surface area contributed by atoms with Crippen molar-refractivity contribution in [2.24, 2.45) is 11.7 Å². The SMILES string of the molecule is NC1CCCCC1C1(O)CN(C(=O)O)C1Cc1ccccc1. The molecule has 0 aromatic heterocycles. The number of carboxylic acid groups (broad SMARTS) is 1. The molecule has 2 fully saturated rings. The molecular formula is C17H24N2O3. The first kappa shape index (κ1) is 15.3. The highest BCUT2D eigenvalue weighted by Gasteiger charge is 2.58. The maximum absolute atomic E-state index is 11.4. The normalized spacial score (nSPS) is 35.0. The van der Waals surface area contributed by atoms with Crippen molar-refractivity contribution >= 4 is 6.09 Å². The van der Waals surface area contributed by atoms with E-state index in [0.29, 0.717) is 6.42 Å². The van der Waals surface area contributed by atoms with E-state index in [1.807, 2.05) is 30.3 Å². The van der Waals surface area contributed by atoms with Gasteiger partial charge in [0.15, 0.2) is 0 Å². The van der Waals surface area contributed by atoms with Crippen LogP contribution in [-0.2, 0) is 6.42 Å². The quantitative estimate of drug-likeness (QED) is 0.795. The van der Waals surface area contributed by atoms with Gasteiger partial charge in [0.2, 0.25) is 0 Å². The van der Waals surface area contributed by atoms with Gasteiger partial charge in [-0.3, -0.25) is 4.90 Å². The van der Waals surface area contributed by atoms with Crippen molar-refractivity contribution < 1.29 is 15.0 Å². The van der Waals surface area contributed by atoms with Gasteiger partial charge in [0.05, 0.1) is 12.6 Å². The van der Waals surface area contributed by atoms with Crippen molar-refractivity contribution in [3.05, 3.63) is 35.9 Å². The molecule has 2 aliphatic rings. The van der Waals surface area contributed by atoms with E-state index in [0.717, 1.165) is 31.2 Å². The van der Waals surface area contributed by atoms with E-state index in [1.165, 1.54) is 4.90 Å². The first-order valence-electron chi connectivity index (χ1n) is 8.04. The molecule has 0 radical (unpaired) electrons. The lowest BCUT2D eigenvalue weighted by atomic mass is 9.65. The molecule has 1 aliphatic heterocycles. The van der Waals surface area contributed by atoms with E-state index in [4.69, 9.17) is 5.73 Å². The van der Waals surface area contributed by atoms with Crippen molar-refractivity contribution in [2.75, 3.05) is 6.54 Å². The van der Waals surface area contributed by atoms with Gasteiger partial charge in [0, 0.05) is 12.0 Å². The molecule has 3 rings (SSSR count). The maximum atomic E-state index is 11.4. The van der Waals surface area contributed by atoms with Crippen LogP contribution in [0.1, 0.15) is 31.2 Å². The summed E-state index contributed by atoms with van der Waals surface area (Å²) in [5.74, 6) is -0.00874. The number of β-amino-alcohol motifs (C(OH)–C–C–N with tert-alkyl or cyclic N) is 1. The lowest BCUT2D eigenvalue weighted by molar-refractivity contribution is -0.179. The fourth-order valence-corrected chi connectivity index (χ4v) is 4.12. The molecule has 4 unspecified atom stereocenters. The lowest BCUT2D eigenvalue weighted by Gasteiger charge is -2.58. The number of likely N-dealkylation sites (tertiary alicyclic amines) is 1. The van der Waals surface area contributed by atoms with Crippen LogP contribution in [0.2, 0.25) is 0 Å². The molecule has 1 saturated carbocycles. The number of rotatable bonds is 3. The third kappa shape index (κ3) is 2.59. The zero-order valence-corrected chi connectivity index (χ0v) is 12.7. The third-order valence-electron chi connectivity index (χ3n) is 5.36. The Morgan fingerprint density at radius 1 is 1.27 bits per heavy atom. The highest BCUT2D eigenvalue weighted by Crippen LogP contribution is 2.43. The molecule has 4 atom stereocenters. The zero-order chi connectivity index (χ0) is 15.7. The first-order valence-corrected chi connectivity index (χ1v) is 8.04. The van der Waals surface area contributed by atoms with E-state index < -0.39 is 17.7 Å². The van der Waals surface area contributed by atoms with Gasteiger partial charge in [-0.15, -0.1) is 0 Å². The Morgan fingerprint density at radius 3 is 2.59 bits per heavy atom. The zero-order valence-electron chi connectivity index (χ0n) is 12.7. The van der Waals surface area contributed by atoms with Crippen molar-refractivity contribution in [3.63, 3.8) is 0 Å². The molecule has 1 saturated heterocycles. The van der Waals surface area contributed by atoms with Crippen molar-refractivity contribution in [2.45, 2.75) is 49.8 Å². The second kappa shape index (κ2) is 5.89. The molecule has 0 bridgehead atoms. The van der Waals surface area contributed by atoms with Crippen molar-refractivity contribution in [1.82, 2.24) is 4.90 Å². The van der Waals surface area contributed by atoms with Gasteiger partial charge < -0.3 is 15.9 Å². The molecule has 22 heavy (non-hydrogen) atoms. The number of aliphatic hydroxyl groups is 1. The summed E-state index contributed by atoms with van der Waals surface area (Å²) < 4.78 is 0. The molecule has 1 heterocycles. The molecule has 1 aromatic rings. The van der Waals surface area contributed by atoms with Gasteiger partial charge in [0.1, 0.15) is 5.60 Å². The van der Waals surface area contributed by atoms with E-state index in [2.05, 4.69) is 0 Å². The largest absolute Gasteiger partial charge is 0.465 e. The summed E-state index contributed by atoms with van der Waals surface area (Å²) in [5.41, 5.74) is 6.28. The molecule has 5 heteroatoms. The van der Waals surface area contributed by atoms with Crippen molar-refractivity contribution in [1.29, 1.82) is 0 Å². The fraction of sp³-hybridized carbons (Fsp3) is 0.588. The van der Waals surface area contributed by atoms with Gasteiger partial charge in [-0.2, -0.15) is 0 Å². The first-order chi connectivity index (χ1) is 10.5. The second-order valence-corrected chi connectivity index (χ2v) is 6.66. The number of amides is 1. The smallest absolute Gasteiger partial charge is 0.407 e. The predicted octanol–water partition coefficient (Wildman–Crippen LogP) is 1.84. The number of carbonyl (C=O) groups is 1. The number of nitrogens with two attached hydrogens (primary N) is 1. The van der Waals surface area contributed by atoms with Crippen LogP contribution >= 0.6 is 0 Å². The summed E-state index contributed by atoms with van der Waals surface area (Å²) in [5, 5.41) is 20.5. The minimum absolute atomic E-state index is 0.00874. The Kier molecular flexibility index (Phi) is 4.10. The average molecular weight is 304 g/mol. The standard InChI is InChI=1S/C17H24N2O3/c18-14-9-5-4-8-13(14)17(22)11-19(16(20)21)15(17)10-12-6-2-1-3-7-12/h1-3,6-7,13-15,22H,4-5,8-11,18H2,(H,20,21). The average Bonchev–Trinajstić information content (AvgIpc) is 2.51. The number of hydrogen-bond donors (Lipinski definition) is 3. The molecule has 0 spiro atoms. The molecule has 5 nitrogen and oxygen atoms in total. The maximum Gasteiger partial charge on any atom is 0.407 e. The summed E-state index contributed by atoms with van der Waals surface area (Å²) in [6, 6.07) is 9.31. The highest BCUT2D eigenvalue weighted by atomic mass is 16.4. The van der Waals surface area contributed by atoms with E-state index >= 15 is 0 Å². The van der Waals surface area contributed by atoms with E-state index in [-0.39, 0.29) is 18.5 Å². The Labute approximate surface area is 130 Å². The van der Waals surface area contributed by atoms with Gasteiger partial charge in [-0.25, -0.2) is 4.79 Å². The Bertz CT molecular complexity index is 536. The third-order valence-corrected chi connectivity index (χ3v) is 5.36. The summed E-state index contributed by atoms with van der Waals surface area (Å²) in [6.45, 7) is 0.179. The number of hydrogen-bond acceptors (Lipinski definition) is 3. The molecule has 1 amide bonds. The van der Waals surface area contributed by atoms with E-state index in [1.54, 1.807) is 0 Å². The summed E-state index contributed by atoms with van der Waals surface area (Å²) >= 11 is 0. The van der Waals surface area contributed by atoms with Crippen LogP contribution in [0.15, 0.2) is 30.3 Å². The lowest BCUT2D eigenvalue weighted by Crippen LogP contribution is -2.76. The second-order valence-electron chi connectivity index (χ2n) is 6.66. The van der Waals surface area contributed by atoms with Crippen LogP contribution in [0.3, 0.4) is 0 Å². The highest BCUT2D eigenvalue weighted by molar-refractivity contribution is 5.67. The van der Waals surface area contributed by atoms with Gasteiger partial charge >= 0.3 is 6.09 Å². The van der Waals surface area contributed by atoms with E-state index in [9.17, 15) is 15.0 Å². The van der Waals surface area contributed by atoms with Crippen LogP contribution in [0.25, 0.3) is 0 Å². The predicted molar refractivity (Wildman–Crippen MR) is 83.5 cm³/mol. The van der Waals surface area contributed by atoms with Gasteiger partial charge in [-0.1, -0.05) is 43.2 Å². The van der Waals surface area contributed by atoms with Crippen molar-refractivity contribution in [3.8, 4) is 0 Å². The molecule has 1 aliphatic carbocycles. The number of nitrogens with zero attached hydrogens (tertiary/aromatic N) is 1. The van der Waals surface area contributed by atoms with Crippen LogP contribution in [0.5, 0.6) is 0 Å². The van der Waals surface area contributed by atoms with Crippen LogP contribution < -0.4 is 5.73 Å². The Morgan fingerprint density at radius 2 is 1.95 bits per heavy atom. The minimum atomic E-state index is -0.992. The summed E-state index contributed by atoms with van der Waals surface area (Å²) in [7, 11) is 0.